The Hall–Kier alpha value is -1.25. The van der Waals surface area contributed by atoms with Crippen LogP contribution in [0.1, 0.15) is 110 Å². The third-order valence-electron chi connectivity index (χ3n) is 16.0. The number of carbonyl (C=O) groups excluding carboxylic acids is 1. The zero-order valence-electron chi connectivity index (χ0n) is 56.8. The van der Waals surface area contributed by atoms with E-state index >= 15 is 0 Å². The highest BCUT2D eigenvalue weighted by molar-refractivity contribution is 9.11. The van der Waals surface area contributed by atoms with Crippen LogP contribution in [-0.4, -0.2) is 335 Å². The van der Waals surface area contributed by atoms with Crippen molar-refractivity contribution in [3.63, 3.8) is 0 Å². The fourth-order valence-corrected chi connectivity index (χ4v) is 12.3. The van der Waals surface area contributed by atoms with Crippen molar-refractivity contribution in [3.05, 3.63) is 136 Å². The molecule has 6 rings (SSSR count). The number of methoxy groups -OCH3 is 3. The number of aryl methyl sites for hydroxylation is 4. The fraction of sp³-hybridized carbons (Fsp3) is 0.413. The van der Waals surface area contributed by atoms with Gasteiger partial charge in [-0.2, -0.15) is 0 Å². The van der Waals surface area contributed by atoms with Crippen LogP contribution in [0.15, 0.2) is 85.3 Å². The molecule has 0 atom stereocenters. The van der Waals surface area contributed by atoms with E-state index in [9.17, 15) is 9.59 Å². The van der Waals surface area contributed by atoms with E-state index < -0.39 is 114 Å². The fourth-order valence-electron chi connectivity index (χ4n) is 10.5. The van der Waals surface area contributed by atoms with Gasteiger partial charge < -0.3 is 33.7 Å². The van der Waals surface area contributed by atoms with Crippen LogP contribution in [0.4, 0.5) is 0 Å². The van der Waals surface area contributed by atoms with Crippen LogP contribution < -0.4 is 5.46 Å². The molecule has 37 radical (unpaired) electrons. The summed E-state index contributed by atoms with van der Waals surface area (Å²) in [6.07, 6.45) is -8.09. The number of aromatic nitrogens is 5. The molecule has 0 aliphatic carbocycles. The predicted molar refractivity (Wildman–Crippen MR) is 474 cm³/mol. The van der Waals surface area contributed by atoms with Gasteiger partial charge in [0.25, 0.3) is 0 Å². The second-order valence-electron chi connectivity index (χ2n) is 23.9. The van der Waals surface area contributed by atoms with Gasteiger partial charge in [-0.15, -0.1) is 0 Å². The minimum Gasteiger partial charge on any atom is -0.477 e. The Kier molecular flexibility index (Phi) is 51.9. The normalized spacial score (nSPS) is 11.5. The molecule has 0 spiro atoms. The molecule has 6 heterocycles. The lowest BCUT2D eigenvalue weighted by Gasteiger charge is -2.52. The Labute approximate surface area is 665 Å². The van der Waals surface area contributed by atoms with Crippen molar-refractivity contribution >= 4 is 337 Å². The maximum atomic E-state index is 11.0. The average Bonchev–Trinajstić information content (AvgIpc) is 1.11. The number of aliphatic hydroxyl groups is 1. The monoisotopic (exact) mass is 1540 g/mol. The van der Waals surface area contributed by atoms with E-state index in [2.05, 4.69) is 93.4 Å². The zero-order valence-corrected chi connectivity index (χ0v) is 63.1. The number of carbonyl (C=O) groups is 2. The summed E-state index contributed by atoms with van der Waals surface area (Å²) in [5, 5.41) is 17.3. The highest BCUT2D eigenvalue weighted by atomic mass is 79.9. The molecular formula is C46H64B36Br4N5O9. The smallest absolute Gasteiger partial charge is 0.477 e. The summed E-state index contributed by atoms with van der Waals surface area (Å²) in [5.74, 6) is -1.39. The molecule has 5 aromatic rings. The topological polar surface area (TPSA) is 185 Å². The molecule has 54 heteroatoms. The Morgan fingerprint density at radius 3 is 1.11 bits per heavy atom. The van der Waals surface area contributed by atoms with E-state index in [1.54, 1.807) is 52.0 Å². The number of carboxylic acid groups (broad SMARTS) is 1. The molecule has 2 N–H and O–H groups in total. The molecule has 1 aliphatic rings. The number of esters is 1. The van der Waals surface area contributed by atoms with Crippen LogP contribution in [0.3, 0.4) is 0 Å². The quantitative estimate of drug-likeness (QED) is 0.0504. The first-order valence-electron chi connectivity index (χ1n) is 30.1. The summed E-state index contributed by atoms with van der Waals surface area (Å²) in [4.78, 5) is 41.7. The summed E-state index contributed by atoms with van der Waals surface area (Å²) < 4.78 is 30.1. The summed E-state index contributed by atoms with van der Waals surface area (Å²) in [6.45, 7) is 16.7. The van der Waals surface area contributed by atoms with E-state index in [1.807, 2.05) is 78.8 Å². The van der Waals surface area contributed by atoms with Gasteiger partial charge >= 0.3 is 19.1 Å². The van der Waals surface area contributed by atoms with Gasteiger partial charge in [0.05, 0.1) is 55.2 Å². The lowest BCUT2D eigenvalue weighted by Crippen LogP contribution is -2.90. The molecule has 1 saturated heterocycles. The molecular weight excluding hydrogens is 1480 g/mol. The molecule has 0 aromatic carbocycles. The number of carboxylic acids is 1. The maximum Gasteiger partial charge on any atom is 0.496 e. The van der Waals surface area contributed by atoms with Gasteiger partial charge in [-0.3, -0.25) is 15.0 Å². The van der Waals surface area contributed by atoms with Crippen LogP contribution >= 0.6 is 63.7 Å². The van der Waals surface area contributed by atoms with Crippen molar-refractivity contribution in [2.24, 2.45) is 0 Å². The van der Waals surface area contributed by atoms with E-state index in [-0.39, 0.29) is 52.9 Å². The van der Waals surface area contributed by atoms with Gasteiger partial charge in [0, 0.05) is 317 Å². The van der Waals surface area contributed by atoms with E-state index in [0.717, 1.165) is 57.1 Å². The Morgan fingerprint density at radius 2 is 0.820 bits per heavy atom. The minimum atomic E-state index is -1.13. The van der Waals surface area contributed by atoms with Crippen LogP contribution in [-0.2, 0) is 43.3 Å². The minimum absolute atomic E-state index is 0. The third-order valence-corrected chi connectivity index (χ3v) is 17.7. The molecule has 463 valence electrons. The van der Waals surface area contributed by atoms with Gasteiger partial charge in [0.15, 0.2) is 11.4 Å². The molecule has 0 amide bonds. The Balaban J connectivity index is -0.00000121. The third kappa shape index (κ3) is 33.1. The number of hydrogen-bond donors (Lipinski definition) is 2. The summed E-state index contributed by atoms with van der Waals surface area (Å²) in [7, 11) is 116. The van der Waals surface area contributed by atoms with Gasteiger partial charge in [0.1, 0.15) is 0 Å². The van der Waals surface area contributed by atoms with Gasteiger partial charge in [0.2, 0.25) is 0 Å². The largest absolute Gasteiger partial charge is 0.496 e. The van der Waals surface area contributed by atoms with Gasteiger partial charge in [-0.1, -0.05) is 28.3 Å². The lowest BCUT2D eigenvalue weighted by molar-refractivity contribution is 0.00578. The van der Waals surface area contributed by atoms with Crippen molar-refractivity contribution in [1.29, 1.82) is 0 Å². The number of nitrogens with zero attached hydrogens (tertiary/aromatic N) is 5. The van der Waals surface area contributed by atoms with Crippen molar-refractivity contribution in [1.82, 2.24) is 24.9 Å². The van der Waals surface area contributed by atoms with Crippen LogP contribution in [0, 0.1) is 27.7 Å². The molecule has 14 nitrogen and oxygen atoms in total. The molecule has 1 aliphatic heterocycles. The summed E-state index contributed by atoms with van der Waals surface area (Å²) in [6, 6.07) is 11.4. The number of ether oxygens (including phenoxy) is 3. The first-order chi connectivity index (χ1) is 45.0. The number of rotatable bonds is 24. The van der Waals surface area contributed by atoms with Crippen LogP contribution in [0.2, 0.25) is 0 Å². The summed E-state index contributed by atoms with van der Waals surface area (Å²) in [5.41, 5.74) is 7.03. The van der Waals surface area contributed by atoms with Crippen molar-refractivity contribution in [3.8, 4) is 0 Å². The first kappa shape index (κ1) is 103. The number of halogens is 4. The Morgan fingerprint density at radius 1 is 0.490 bits per heavy atom. The highest BCUT2D eigenvalue weighted by Gasteiger charge is 2.55. The highest BCUT2D eigenvalue weighted by Crippen LogP contribution is 2.36. The molecule has 1 fully saturated rings. The molecule has 100 heavy (non-hydrogen) atoms. The van der Waals surface area contributed by atoms with E-state index in [1.165, 1.54) is 20.4 Å². The average molecular weight is 1540 g/mol. The molecule has 0 unspecified atom stereocenters. The van der Waals surface area contributed by atoms with Gasteiger partial charge in [-0.05, 0) is 172 Å². The van der Waals surface area contributed by atoms with E-state index in [4.69, 9.17) is 168 Å². The zero-order chi connectivity index (χ0) is 74.7. The second-order valence-corrected chi connectivity index (χ2v) is 27.6. The second kappa shape index (κ2) is 50.4. The predicted octanol–water partition coefficient (Wildman–Crippen LogP) is -2.16. The van der Waals surface area contributed by atoms with Crippen LogP contribution in [0.25, 0.3) is 0 Å². The van der Waals surface area contributed by atoms with Crippen molar-refractivity contribution in [2.75, 3.05) is 21.3 Å². The summed E-state index contributed by atoms with van der Waals surface area (Å²) >= 11 is 13.1. The first-order valence-corrected chi connectivity index (χ1v) is 33.3. The van der Waals surface area contributed by atoms with E-state index in [0.29, 0.717) is 24.5 Å². The number of pyridine rings is 5. The molecule has 5 aromatic heterocycles. The van der Waals surface area contributed by atoms with Crippen molar-refractivity contribution in [2.45, 2.75) is 109 Å². The number of hydrogen-bond acceptors (Lipinski definition) is 13. The van der Waals surface area contributed by atoms with Crippen molar-refractivity contribution < 1.29 is 43.3 Å². The number of aliphatic hydroxyl groups excluding tert-OH is 1. The van der Waals surface area contributed by atoms with Gasteiger partial charge in [-0.25, -0.2) is 19.6 Å². The molecule has 0 bridgehead atoms. The molecule has 0 saturated carbocycles. The van der Waals surface area contributed by atoms with Crippen LogP contribution in [0.5, 0.6) is 0 Å². The lowest BCUT2D eigenvalue weighted by atomic mass is 8.29. The maximum absolute atomic E-state index is 11.0. The number of aromatic carboxylic acids is 1. The standard InChI is InChI=1S/C13H20BNO3.C8H8BrNO2.C8H10BrNO.C7H6BrNO2.C7H8BrNO.3CH4.B35/c1-12(2)13(3,4)18-14(17-12)10-6-7-11(9-16-5)15-8-10;1-5-3-6(9)4-10-7(5)8(11)12-2;1-6-3-7(9)4-10-8(6)5-11-2;1-4-2-5(8)3-9-6(4)7(10)11;1-5-2-6(8)3-9-7(5)4-10;;;;1-19-28(18)33(29(20(2)3)21(4)5)35(32(26(14)15)27(16)17)34(30(22(6)7)23(8)9)31(24(10)11)25(12)13/h6-8H,9H2,1-5H3;3-4H,1-2H3;3-4H,5H2,1-2H3;2-3H,1H3,(H,10,11);2-3,10H,4H2,1H3;3*1H4;. The Bertz CT molecular complexity index is 3120. The SMILES string of the molecule is C.C.C.COC(=O)c1ncc(Br)cc1C.COCc1ccc(B2OC(C)(C)C(C)(C)O2)cn1.COCc1ncc(Br)cc1C.Cc1cc(Br)cnc1C(=O)O.Cc1cc(Br)cnc1CO.[B][B]B([B])B(B(B([B])[B])B([B])[B])B(B(B([B])[B])B([B])[B])B(B(B([B])[B])B([B])[B])B(B([B])[B])B([B])[B].